The molecule has 2 aromatic carbocycles. The monoisotopic (exact) mass is 312 g/mol. The molecule has 0 aromatic heterocycles. The van der Waals surface area contributed by atoms with Crippen LogP contribution in [0.3, 0.4) is 0 Å². The quantitative estimate of drug-likeness (QED) is 0.596. The van der Waals surface area contributed by atoms with E-state index in [2.05, 4.69) is 61.7 Å². The fourth-order valence-corrected chi connectivity index (χ4v) is 3.53. The second-order valence-corrected chi connectivity index (χ2v) is 6.65. The maximum Gasteiger partial charge on any atom is 0.210 e. The van der Waals surface area contributed by atoms with Gasteiger partial charge in [-0.05, 0) is 30.7 Å². The van der Waals surface area contributed by atoms with Gasteiger partial charge in [-0.25, -0.2) is 0 Å². The molecule has 3 nitrogen and oxygen atoms in total. The van der Waals surface area contributed by atoms with E-state index in [0.717, 1.165) is 6.54 Å². The topological polar surface area (TPSA) is 21.5 Å². The van der Waals surface area contributed by atoms with Crippen LogP contribution in [0, 0.1) is 0 Å². The summed E-state index contributed by atoms with van der Waals surface area (Å²) in [4.78, 5) is 0. The first kappa shape index (κ1) is 16.2. The van der Waals surface area contributed by atoms with Crippen LogP contribution < -0.4 is 0 Å². The summed E-state index contributed by atoms with van der Waals surface area (Å²) in [6.07, 6.45) is 0. The van der Waals surface area contributed by atoms with Crippen molar-refractivity contribution in [2.45, 2.75) is 26.2 Å². The van der Waals surface area contributed by atoms with Gasteiger partial charge in [-0.2, -0.15) is 4.58 Å². The van der Waals surface area contributed by atoms with Gasteiger partial charge < -0.3 is 9.47 Å². The molecule has 0 saturated carbocycles. The average molecular weight is 312 g/mol. The van der Waals surface area contributed by atoms with Gasteiger partial charge in [0.2, 0.25) is 5.69 Å². The SMILES string of the molecule is COCCOCC[N+]1=C(C)C(C)(C)c2c1ccc1ccccc21. The second-order valence-electron chi connectivity index (χ2n) is 6.65. The van der Waals surface area contributed by atoms with Crippen molar-refractivity contribution in [2.75, 3.05) is 33.5 Å². The van der Waals surface area contributed by atoms with Crippen molar-refractivity contribution in [1.29, 1.82) is 0 Å². The van der Waals surface area contributed by atoms with Crippen LogP contribution in [-0.4, -0.2) is 43.8 Å². The van der Waals surface area contributed by atoms with E-state index in [4.69, 9.17) is 9.47 Å². The molecule has 3 rings (SSSR count). The first-order chi connectivity index (χ1) is 11.1. The minimum atomic E-state index is 0.0444. The van der Waals surface area contributed by atoms with Gasteiger partial charge in [-0.3, -0.25) is 0 Å². The molecule has 1 aliphatic rings. The lowest BCUT2D eigenvalue weighted by molar-refractivity contribution is -0.443. The smallest absolute Gasteiger partial charge is 0.210 e. The normalized spacial score (nSPS) is 16.2. The third kappa shape index (κ3) is 2.79. The second kappa shape index (κ2) is 6.42. The van der Waals surface area contributed by atoms with Crippen LogP contribution in [0.5, 0.6) is 0 Å². The minimum Gasteiger partial charge on any atom is -0.382 e. The zero-order valence-electron chi connectivity index (χ0n) is 14.6. The molecular weight excluding hydrogens is 286 g/mol. The number of benzene rings is 2. The third-order valence-corrected chi connectivity index (χ3v) is 5.02. The van der Waals surface area contributed by atoms with Crippen LogP contribution in [0.2, 0.25) is 0 Å². The Morgan fingerprint density at radius 1 is 1.00 bits per heavy atom. The Kier molecular flexibility index (Phi) is 4.51. The van der Waals surface area contributed by atoms with Crippen molar-refractivity contribution < 1.29 is 14.0 Å². The number of fused-ring (bicyclic) bond motifs is 3. The highest BCUT2D eigenvalue weighted by atomic mass is 16.5. The molecule has 0 atom stereocenters. The maximum atomic E-state index is 5.67. The van der Waals surface area contributed by atoms with Gasteiger partial charge in [0, 0.05) is 25.7 Å². The van der Waals surface area contributed by atoms with Crippen molar-refractivity contribution in [2.24, 2.45) is 0 Å². The van der Waals surface area contributed by atoms with Gasteiger partial charge in [0.05, 0.1) is 18.6 Å². The van der Waals surface area contributed by atoms with E-state index in [0.29, 0.717) is 19.8 Å². The minimum absolute atomic E-state index is 0.0444. The lowest BCUT2D eigenvalue weighted by Gasteiger charge is -2.17. The Labute approximate surface area is 138 Å². The molecule has 0 fully saturated rings. The van der Waals surface area contributed by atoms with Gasteiger partial charge >= 0.3 is 0 Å². The van der Waals surface area contributed by atoms with Crippen LogP contribution >= 0.6 is 0 Å². The Bertz CT molecular complexity index is 746. The number of methoxy groups -OCH3 is 1. The predicted octanol–water partition coefficient (Wildman–Crippen LogP) is 3.90. The summed E-state index contributed by atoms with van der Waals surface area (Å²) >= 11 is 0. The highest BCUT2D eigenvalue weighted by Crippen LogP contribution is 2.43. The average Bonchev–Trinajstić information content (AvgIpc) is 2.75. The van der Waals surface area contributed by atoms with Crippen molar-refractivity contribution in [1.82, 2.24) is 0 Å². The Hall–Kier alpha value is -1.71. The molecule has 1 aliphatic heterocycles. The lowest BCUT2D eigenvalue weighted by Crippen LogP contribution is -2.27. The van der Waals surface area contributed by atoms with Crippen LogP contribution in [0.15, 0.2) is 36.4 Å². The summed E-state index contributed by atoms with van der Waals surface area (Å²) in [5.74, 6) is 0. The number of hydrogen-bond donors (Lipinski definition) is 0. The maximum absolute atomic E-state index is 5.67. The van der Waals surface area contributed by atoms with E-state index in [9.17, 15) is 0 Å². The summed E-state index contributed by atoms with van der Waals surface area (Å²) in [5.41, 5.74) is 4.19. The summed E-state index contributed by atoms with van der Waals surface area (Å²) in [6, 6.07) is 13.1. The largest absolute Gasteiger partial charge is 0.382 e. The van der Waals surface area contributed by atoms with Crippen molar-refractivity contribution in [3.63, 3.8) is 0 Å². The van der Waals surface area contributed by atoms with E-state index in [1.54, 1.807) is 7.11 Å². The van der Waals surface area contributed by atoms with Crippen LogP contribution in [0.25, 0.3) is 10.8 Å². The van der Waals surface area contributed by atoms with E-state index < -0.39 is 0 Å². The van der Waals surface area contributed by atoms with E-state index in [-0.39, 0.29) is 5.41 Å². The molecule has 2 aromatic rings. The van der Waals surface area contributed by atoms with Crippen molar-refractivity contribution >= 4 is 22.2 Å². The predicted molar refractivity (Wildman–Crippen MR) is 95.1 cm³/mol. The van der Waals surface area contributed by atoms with Gasteiger partial charge in [0.1, 0.15) is 6.61 Å². The van der Waals surface area contributed by atoms with Crippen LogP contribution in [0.1, 0.15) is 26.3 Å². The summed E-state index contributed by atoms with van der Waals surface area (Å²) in [5, 5.41) is 2.67. The summed E-state index contributed by atoms with van der Waals surface area (Å²) in [6.45, 7) is 9.77. The molecule has 0 amide bonds. The molecule has 0 bridgehead atoms. The number of nitrogens with zero attached hydrogens (tertiary/aromatic N) is 1. The molecule has 3 heteroatoms. The van der Waals surface area contributed by atoms with Crippen molar-refractivity contribution in [3.8, 4) is 0 Å². The zero-order chi connectivity index (χ0) is 16.4. The van der Waals surface area contributed by atoms with Gasteiger partial charge in [-0.1, -0.05) is 24.3 Å². The Morgan fingerprint density at radius 3 is 2.57 bits per heavy atom. The summed E-state index contributed by atoms with van der Waals surface area (Å²) in [7, 11) is 1.70. The lowest BCUT2D eigenvalue weighted by atomic mass is 9.80. The molecule has 0 spiro atoms. The molecule has 1 heterocycles. The molecule has 23 heavy (non-hydrogen) atoms. The molecule has 0 saturated heterocycles. The molecular formula is C20H26NO2+. The third-order valence-electron chi connectivity index (χ3n) is 5.02. The van der Waals surface area contributed by atoms with Gasteiger partial charge in [0.25, 0.3) is 0 Å². The molecule has 122 valence electrons. The number of hydrogen-bond acceptors (Lipinski definition) is 2. The van der Waals surface area contributed by atoms with E-state index in [1.165, 1.54) is 27.7 Å². The molecule has 0 unspecified atom stereocenters. The molecule has 0 aliphatic carbocycles. The van der Waals surface area contributed by atoms with Crippen LogP contribution in [-0.2, 0) is 14.9 Å². The number of rotatable bonds is 6. The first-order valence-corrected chi connectivity index (χ1v) is 8.28. The summed E-state index contributed by atoms with van der Waals surface area (Å²) < 4.78 is 13.1. The fraction of sp³-hybridized carbons (Fsp3) is 0.450. The number of ether oxygens (including phenoxy) is 2. The molecule has 0 radical (unpaired) electrons. The Morgan fingerprint density at radius 2 is 1.78 bits per heavy atom. The molecule has 0 N–H and O–H groups in total. The zero-order valence-corrected chi connectivity index (χ0v) is 14.6. The Balaban J connectivity index is 1.94. The highest BCUT2D eigenvalue weighted by molar-refractivity contribution is 6.01. The van der Waals surface area contributed by atoms with E-state index in [1.807, 2.05) is 0 Å². The van der Waals surface area contributed by atoms with Crippen LogP contribution in [0.4, 0.5) is 5.69 Å². The first-order valence-electron chi connectivity index (χ1n) is 8.28. The van der Waals surface area contributed by atoms with Gasteiger partial charge in [-0.15, -0.1) is 0 Å². The van der Waals surface area contributed by atoms with Gasteiger partial charge in [0.15, 0.2) is 12.3 Å². The highest BCUT2D eigenvalue weighted by Gasteiger charge is 2.43. The van der Waals surface area contributed by atoms with Crippen molar-refractivity contribution in [3.05, 3.63) is 42.0 Å². The van der Waals surface area contributed by atoms with E-state index >= 15 is 0 Å². The fourth-order valence-electron chi connectivity index (χ4n) is 3.53. The standard InChI is InChI=1S/C20H26NO2/c1-15-20(2,3)19-17-8-6-5-7-16(17)9-10-18(19)21(15)11-12-23-14-13-22-4/h5-10H,11-14H2,1-4H3/q+1.